The summed E-state index contributed by atoms with van der Waals surface area (Å²) >= 11 is 0. The minimum atomic E-state index is -0.818. The lowest BCUT2D eigenvalue weighted by Gasteiger charge is -2.15. The van der Waals surface area contributed by atoms with Gasteiger partial charge in [-0.15, -0.1) is 0 Å². The molecule has 0 saturated heterocycles. The van der Waals surface area contributed by atoms with Crippen LogP contribution in [0.15, 0.2) is 35.1 Å². The highest BCUT2D eigenvalue weighted by atomic mass is 16.5. The van der Waals surface area contributed by atoms with E-state index in [2.05, 4.69) is 5.10 Å². The van der Waals surface area contributed by atoms with Gasteiger partial charge in [-0.2, -0.15) is 5.10 Å². The topological polar surface area (TPSA) is 79.7 Å². The van der Waals surface area contributed by atoms with Gasteiger partial charge in [0.25, 0.3) is 5.56 Å². The van der Waals surface area contributed by atoms with Gasteiger partial charge < -0.3 is 14.2 Å². The number of benzene rings is 1. The number of carbonyl (C=O) groups excluding carboxylic acids is 1. The van der Waals surface area contributed by atoms with Crippen molar-refractivity contribution in [3.05, 3.63) is 40.7 Å². The summed E-state index contributed by atoms with van der Waals surface area (Å²) in [6.07, 6.45) is 0. The number of hydrogen-bond acceptors (Lipinski definition) is 6. The number of methoxy groups -OCH3 is 2. The zero-order valence-electron chi connectivity index (χ0n) is 14.1. The first-order valence-corrected chi connectivity index (χ1v) is 7.50. The number of rotatable bonds is 6. The van der Waals surface area contributed by atoms with Crippen LogP contribution < -0.4 is 15.0 Å². The molecular weight excluding hydrogens is 312 g/mol. The van der Waals surface area contributed by atoms with Crippen molar-refractivity contribution in [2.45, 2.75) is 19.9 Å². The minimum absolute atomic E-state index is 0.240. The summed E-state index contributed by atoms with van der Waals surface area (Å²) in [5, 5.41) is 4.29. The molecule has 0 amide bonds. The van der Waals surface area contributed by atoms with Gasteiger partial charge in [0, 0.05) is 17.7 Å². The van der Waals surface area contributed by atoms with Crippen LogP contribution in [0.1, 0.15) is 19.9 Å². The number of aromatic nitrogens is 2. The van der Waals surface area contributed by atoms with Gasteiger partial charge in [0.2, 0.25) is 0 Å². The van der Waals surface area contributed by atoms with Gasteiger partial charge in [0.15, 0.2) is 6.04 Å². The average molecular weight is 332 g/mol. The van der Waals surface area contributed by atoms with E-state index in [1.165, 1.54) is 13.2 Å². The van der Waals surface area contributed by atoms with Gasteiger partial charge in [0.1, 0.15) is 11.5 Å². The lowest BCUT2D eigenvalue weighted by Crippen LogP contribution is -2.31. The maximum absolute atomic E-state index is 12.0. The van der Waals surface area contributed by atoms with Gasteiger partial charge in [0.05, 0.1) is 26.5 Å². The Hall–Kier alpha value is -2.83. The fourth-order valence-electron chi connectivity index (χ4n) is 2.22. The van der Waals surface area contributed by atoms with Gasteiger partial charge >= 0.3 is 5.97 Å². The molecule has 0 bridgehead atoms. The van der Waals surface area contributed by atoms with Crippen molar-refractivity contribution in [2.75, 3.05) is 20.8 Å². The van der Waals surface area contributed by atoms with Crippen molar-refractivity contribution in [3.63, 3.8) is 0 Å². The molecule has 0 radical (unpaired) electrons. The first kappa shape index (κ1) is 17.5. The molecule has 24 heavy (non-hydrogen) atoms. The molecule has 0 saturated carbocycles. The normalized spacial score (nSPS) is 11.7. The summed E-state index contributed by atoms with van der Waals surface area (Å²) in [5.41, 5.74) is 0.806. The van der Waals surface area contributed by atoms with Crippen LogP contribution in [-0.4, -0.2) is 36.6 Å². The molecule has 0 aliphatic heterocycles. The summed E-state index contributed by atoms with van der Waals surface area (Å²) in [6.45, 7) is 3.52. The maximum atomic E-state index is 12.0. The number of esters is 1. The second-order valence-electron chi connectivity index (χ2n) is 5.00. The predicted molar refractivity (Wildman–Crippen MR) is 88.4 cm³/mol. The molecule has 1 atom stereocenters. The highest BCUT2D eigenvalue weighted by Crippen LogP contribution is 2.31. The summed E-state index contributed by atoms with van der Waals surface area (Å²) in [6, 6.07) is 7.40. The van der Waals surface area contributed by atoms with Crippen LogP contribution in [0.3, 0.4) is 0 Å². The second-order valence-corrected chi connectivity index (χ2v) is 5.00. The summed E-state index contributed by atoms with van der Waals surface area (Å²) in [4.78, 5) is 23.9. The van der Waals surface area contributed by atoms with Gasteiger partial charge in [-0.05, 0) is 32.0 Å². The SMILES string of the molecule is CCOC(=O)[C@H](C)n1nc(-c2ccc(OC)cc2OC)ccc1=O. The van der Waals surface area contributed by atoms with Crippen LogP contribution in [0.2, 0.25) is 0 Å². The van der Waals surface area contributed by atoms with Crippen molar-refractivity contribution < 1.29 is 19.0 Å². The van der Waals surface area contributed by atoms with Crippen molar-refractivity contribution in [1.29, 1.82) is 0 Å². The van der Waals surface area contributed by atoms with Crippen molar-refractivity contribution in [1.82, 2.24) is 9.78 Å². The summed E-state index contributed by atoms with van der Waals surface area (Å²) in [7, 11) is 3.10. The Morgan fingerprint density at radius 2 is 1.96 bits per heavy atom. The largest absolute Gasteiger partial charge is 0.497 e. The zero-order chi connectivity index (χ0) is 17.7. The van der Waals surface area contributed by atoms with E-state index in [9.17, 15) is 9.59 Å². The first-order valence-electron chi connectivity index (χ1n) is 7.50. The van der Waals surface area contributed by atoms with Crippen molar-refractivity contribution >= 4 is 5.97 Å². The molecule has 0 fully saturated rings. The second kappa shape index (κ2) is 7.63. The van der Waals surface area contributed by atoms with Crippen LogP contribution in [0.4, 0.5) is 0 Å². The fourth-order valence-corrected chi connectivity index (χ4v) is 2.22. The molecule has 7 heteroatoms. The van der Waals surface area contributed by atoms with Crippen LogP contribution in [0.5, 0.6) is 11.5 Å². The highest BCUT2D eigenvalue weighted by molar-refractivity contribution is 5.74. The first-order chi connectivity index (χ1) is 11.5. The molecule has 1 aromatic carbocycles. The molecule has 0 spiro atoms. The van der Waals surface area contributed by atoms with Gasteiger partial charge in [-0.1, -0.05) is 0 Å². The zero-order valence-corrected chi connectivity index (χ0v) is 14.1. The van der Waals surface area contributed by atoms with E-state index < -0.39 is 12.0 Å². The molecule has 1 heterocycles. The van der Waals surface area contributed by atoms with Crippen molar-refractivity contribution in [2.24, 2.45) is 0 Å². The van der Waals surface area contributed by atoms with E-state index in [0.717, 1.165) is 4.68 Å². The molecule has 0 aliphatic carbocycles. The van der Waals surface area contributed by atoms with Gasteiger partial charge in [-0.3, -0.25) is 4.79 Å². The van der Waals surface area contributed by atoms with Gasteiger partial charge in [-0.25, -0.2) is 9.48 Å². The molecule has 128 valence electrons. The van der Waals surface area contributed by atoms with E-state index in [-0.39, 0.29) is 12.2 Å². The van der Waals surface area contributed by atoms with Crippen LogP contribution in [-0.2, 0) is 9.53 Å². The Morgan fingerprint density at radius 3 is 2.58 bits per heavy atom. The molecule has 2 rings (SSSR count). The molecule has 0 N–H and O–H groups in total. The molecule has 0 aliphatic rings. The number of hydrogen-bond donors (Lipinski definition) is 0. The van der Waals surface area contributed by atoms with E-state index in [0.29, 0.717) is 22.8 Å². The lowest BCUT2D eigenvalue weighted by molar-refractivity contribution is -0.147. The number of nitrogens with zero attached hydrogens (tertiary/aromatic N) is 2. The third-order valence-corrected chi connectivity index (χ3v) is 3.50. The number of carbonyl (C=O) groups is 1. The van der Waals surface area contributed by atoms with Crippen molar-refractivity contribution in [3.8, 4) is 22.8 Å². The Kier molecular flexibility index (Phi) is 5.57. The lowest BCUT2D eigenvalue weighted by atomic mass is 10.1. The maximum Gasteiger partial charge on any atom is 0.330 e. The highest BCUT2D eigenvalue weighted by Gasteiger charge is 2.20. The fraction of sp³-hybridized carbons (Fsp3) is 0.353. The minimum Gasteiger partial charge on any atom is -0.497 e. The van der Waals surface area contributed by atoms with E-state index in [1.807, 2.05) is 0 Å². The van der Waals surface area contributed by atoms with Crippen LogP contribution >= 0.6 is 0 Å². The molecule has 2 aromatic rings. The Labute approximate surface area is 139 Å². The summed E-state index contributed by atoms with van der Waals surface area (Å²) < 4.78 is 16.6. The third-order valence-electron chi connectivity index (χ3n) is 3.50. The standard InChI is InChI=1S/C17H20N2O5/c1-5-24-17(21)11(2)19-16(20)9-8-14(18-19)13-7-6-12(22-3)10-15(13)23-4/h6-11H,5H2,1-4H3/t11-/m0/s1. The molecule has 1 aromatic heterocycles. The molecular formula is C17H20N2O5. The van der Waals surface area contributed by atoms with E-state index in [4.69, 9.17) is 14.2 Å². The van der Waals surface area contributed by atoms with Crippen LogP contribution in [0.25, 0.3) is 11.3 Å². The molecule has 0 unspecified atom stereocenters. The third kappa shape index (κ3) is 3.56. The Balaban J connectivity index is 2.48. The van der Waals surface area contributed by atoms with Crippen LogP contribution in [0, 0.1) is 0 Å². The summed E-state index contributed by atoms with van der Waals surface area (Å²) in [5.74, 6) is 0.686. The molecule has 7 nitrogen and oxygen atoms in total. The van der Waals surface area contributed by atoms with E-state index >= 15 is 0 Å². The monoisotopic (exact) mass is 332 g/mol. The van der Waals surface area contributed by atoms with E-state index in [1.54, 1.807) is 45.2 Å². The Morgan fingerprint density at radius 1 is 1.21 bits per heavy atom. The number of ether oxygens (including phenoxy) is 3. The smallest absolute Gasteiger partial charge is 0.330 e. The quantitative estimate of drug-likeness (QED) is 0.753. The predicted octanol–water partition coefficient (Wildman–Crippen LogP) is 2.05. The average Bonchev–Trinajstić information content (AvgIpc) is 2.61. The Bertz CT molecular complexity index is 785.